The number of carbonyl (C=O) groups is 1. The summed E-state index contributed by atoms with van der Waals surface area (Å²) in [7, 11) is 0. The standard InChI is InChI=1S/C21H20N2O4/c1-2-6-19(25)22-21(15-8-5-9-16(13-15)23(26)27)20-17-10-4-3-7-14(17)11-12-18(20)24/h3-5,7-13,21,24H,2,6H2,1H3,(H,22,25)/t21-/m0/s1. The van der Waals surface area contributed by atoms with Gasteiger partial charge in [0.2, 0.25) is 5.91 Å². The van der Waals surface area contributed by atoms with Crippen molar-refractivity contribution in [1.82, 2.24) is 5.32 Å². The van der Waals surface area contributed by atoms with E-state index in [1.165, 1.54) is 12.1 Å². The minimum Gasteiger partial charge on any atom is -0.508 e. The number of rotatable bonds is 6. The van der Waals surface area contributed by atoms with Crippen molar-refractivity contribution in [2.75, 3.05) is 0 Å². The average molecular weight is 364 g/mol. The van der Waals surface area contributed by atoms with E-state index in [0.29, 0.717) is 24.0 Å². The van der Waals surface area contributed by atoms with Gasteiger partial charge in [-0.05, 0) is 28.8 Å². The van der Waals surface area contributed by atoms with Crippen LogP contribution in [0.5, 0.6) is 5.75 Å². The number of carbonyl (C=O) groups excluding carboxylic acids is 1. The van der Waals surface area contributed by atoms with E-state index in [4.69, 9.17) is 0 Å². The number of nitrogens with zero attached hydrogens (tertiary/aromatic N) is 1. The molecule has 0 bridgehead atoms. The van der Waals surface area contributed by atoms with E-state index < -0.39 is 11.0 Å². The molecule has 3 rings (SSSR count). The molecule has 0 aromatic heterocycles. The number of phenols is 1. The van der Waals surface area contributed by atoms with Crippen LogP contribution < -0.4 is 5.32 Å². The summed E-state index contributed by atoms with van der Waals surface area (Å²) in [6, 6.07) is 16.3. The van der Waals surface area contributed by atoms with Crippen LogP contribution in [0.3, 0.4) is 0 Å². The quantitative estimate of drug-likeness (QED) is 0.499. The van der Waals surface area contributed by atoms with Gasteiger partial charge in [0.25, 0.3) is 5.69 Å². The van der Waals surface area contributed by atoms with E-state index in [0.717, 1.165) is 10.8 Å². The number of benzene rings is 3. The van der Waals surface area contributed by atoms with Crippen LogP contribution in [0.4, 0.5) is 5.69 Å². The van der Waals surface area contributed by atoms with Crippen molar-refractivity contribution < 1.29 is 14.8 Å². The molecule has 0 saturated heterocycles. The molecule has 6 nitrogen and oxygen atoms in total. The highest BCUT2D eigenvalue weighted by Gasteiger charge is 2.23. The molecule has 0 fully saturated rings. The van der Waals surface area contributed by atoms with Gasteiger partial charge in [-0.25, -0.2) is 0 Å². The number of nitro benzene ring substituents is 1. The fourth-order valence-electron chi connectivity index (χ4n) is 3.19. The third kappa shape index (κ3) is 3.89. The van der Waals surface area contributed by atoms with E-state index in [1.807, 2.05) is 31.2 Å². The molecule has 0 aliphatic heterocycles. The summed E-state index contributed by atoms with van der Waals surface area (Å²) in [6.45, 7) is 1.90. The lowest BCUT2D eigenvalue weighted by atomic mass is 9.92. The molecule has 138 valence electrons. The molecule has 0 heterocycles. The van der Waals surface area contributed by atoms with Crippen molar-refractivity contribution in [1.29, 1.82) is 0 Å². The topological polar surface area (TPSA) is 92.5 Å². The Hall–Kier alpha value is -3.41. The second-order valence-electron chi connectivity index (χ2n) is 6.32. The number of aromatic hydroxyl groups is 1. The Morgan fingerprint density at radius 1 is 1.15 bits per heavy atom. The highest BCUT2D eigenvalue weighted by atomic mass is 16.6. The van der Waals surface area contributed by atoms with Crippen LogP contribution in [0.25, 0.3) is 10.8 Å². The number of hydrogen-bond acceptors (Lipinski definition) is 4. The first-order chi connectivity index (χ1) is 13.0. The van der Waals surface area contributed by atoms with Crippen LogP contribution in [0.15, 0.2) is 60.7 Å². The van der Waals surface area contributed by atoms with Gasteiger partial charge in [-0.1, -0.05) is 49.4 Å². The van der Waals surface area contributed by atoms with Crippen LogP contribution in [0.1, 0.15) is 36.9 Å². The molecule has 3 aromatic rings. The third-order valence-electron chi connectivity index (χ3n) is 4.43. The Bertz CT molecular complexity index is 1000. The Kier molecular flexibility index (Phi) is 5.35. The summed E-state index contributed by atoms with van der Waals surface area (Å²) >= 11 is 0. The van der Waals surface area contributed by atoms with Gasteiger partial charge in [0, 0.05) is 24.1 Å². The fourth-order valence-corrected chi connectivity index (χ4v) is 3.19. The van der Waals surface area contributed by atoms with Crippen LogP contribution in [-0.4, -0.2) is 15.9 Å². The van der Waals surface area contributed by atoms with Crippen molar-refractivity contribution in [3.05, 3.63) is 81.9 Å². The average Bonchev–Trinajstić information content (AvgIpc) is 2.67. The zero-order valence-corrected chi connectivity index (χ0v) is 14.9. The van der Waals surface area contributed by atoms with E-state index in [2.05, 4.69) is 5.32 Å². The minimum atomic E-state index is -0.699. The Morgan fingerprint density at radius 2 is 1.93 bits per heavy atom. The Labute approximate surface area is 156 Å². The predicted octanol–water partition coefficient (Wildman–Crippen LogP) is 4.46. The second kappa shape index (κ2) is 7.86. The minimum absolute atomic E-state index is 0.0296. The van der Waals surface area contributed by atoms with Crippen LogP contribution >= 0.6 is 0 Å². The van der Waals surface area contributed by atoms with Gasteiger partial charge in [-0.2, -0.15) is 0 Å². The molecular formula is C21H20N2O4. The number of amides is 1. The highest BCUT2D eigenvalue weighted by molar-refractivity contribution is 5.89. The molecule has 1 atom stereocenters. The fraction of sp³-hybridized carbons (Fsp3) is 0.190. The molecule has 2 N–H and O–H groups in total. The molecule has 27 heavy (non-hydrogen) atoms. The lowest BCUT2D eigenvalue weighted by Crippen LogP contribution is -2.29. The molecule has 0 aliphatic carbocycles. The zero-order chi connectivity index (χ0) is 19.4. The van der Waals surface area contributed by atoms with Crippen LogP contribution in [0.2, 0.25) is 0 Å². The van der Waals surface area contributed by atoms with Gasteiger partial charge in [-0.3, -0.25) is 14.9 Å². The molecule has 0 unspecified atom stereocenters. The van der Waals surface area contributed by atoms with E-state index in [9.17, 15) is 20.0 Å². The lowest BCUT2D eigenvalue weighted by Gasteiger charge is -2.22. The van der Waals surface area contributed by atoms with Crippen molar-refractivity contribution in [3.63, 3.8) is 0 Å². The number of nitro groups is 1. The molecule has 1 amide bonds. The number of nitrogens with one attached hydrogen (secondary N) is 1. The molecule has 6 heteroatoms. The monoisotopic (exact) mass is 364 g/mol. The normalized spacial score (nSPS) is 11.9. The zero-order valence-electron chi connectivity index (χ0n) is 14.9. The molecule has 0 saturated carbocycles. The first-order valence-corrected chi connectivity index (χ1v) is 8.75. The van der Waals surface area contributed by atoms with Crippen molar-refractivity contribution >= 4 is 22.4 Å². The molecule has 0 radical (unpaired) electrons. The van der Waals surface area contributed by atoms with Crippen LogP contribution in [-0.2, 0) is 4.79 Å². The van der Waals surface area contributed by atoms with Gasteiger partial charge in [0.15, 0.2) is 0 Å². The summed E-state index contributed by atoms with van der Waals surface area (Å²) in [5.41, 5.74) is 1.00. The molecule has 0 aliphatic rings. The maximum atomic E-state index is 12.3. The number of phenolic OH excluding ortho intramolecular Hbond substituents is 1. The summed E-state index contributed by atoms with van der Waals surface area (Å²) in [4.78, 5) is 23.0. The summed E-state index contributed by atoms with van der Waals surface area (Å²) in [6.07, 6.45) is 1.01. The Balaban J connectivity index is 2.19. The lowest BCUT2D eigenvalue weighted by molar-refractivity contribution is -0.384. The van der Waals surface area contributed by atoms with Gasteiger partial charge in [0.05, 0.1) is 11.0 Å². The summed E-state index contributed by atoms with van der Waals surface area (Å²) < 4.78 is 0. The van der Waals surface area contributed by atoms with E-state index in [1.54, 1.807) is 24.3 Å². The highest BCUT2D eigenvalue weighted by Crippen LogP contribution is 2.36. The van der Waals surface area contributed by atoms with E-state index >= 15 is 0 Å². The van der Waals surface area contributed by atoms with Gasteiger partial charge >= 0.3 is 0 Å². The summed E-state index contributed by atoms with van der Waals surface area (Å²) in [5, 5.41) is 26.4. The SMILES string of the molecule is CCCC(=O)N[C@@H](c1cccc([N+](=O)[O-])c1)c1c(O)ccc2ccccc12. The second-order valence-corrected chi connectivity index (χ2v) is 6.32. The van der Waals surface area contributed by atoms with Crippen molar-refractivity contribution in [2.45, 2.75) is 25.8 Å². The first kappa shape index (κ1) is 18.4. The van der Waals surface area contributed by atoms with Crippen molar-refractivity contribution in [2.24, 2.45) is 0 Å². The Morgan fingerprint density at radius 3 is 2.67 bits per heavy atom. The number of hydrogen-bond donors (Lipinski definition) is 2. The van der Waals surface area contributed by atoms with Gasteiger partial charge in [-0.15, -0.1) is 0 Å². The molecule has 3 aromatic carbocycles. The first-order valence-electron chi connectivity index (χ1n) is 8.75. The third-order valence-corrected chi connectivity index (χ3v) is 4.43. The van der Waals surface area contributed by atoms with E-state index in [-0.39, 0.29) is 17.3 Å². The largest absolute Gasteiger partial charge is 0.508 e. The smallest absolute Gasteiger partial charge is 0.269 e. The number of fused-ring (bicyclic) bond motifs is 1. The maximum absolute atomic E-state index is 12.3. The molecular weight excluding hydrogens is 344 g/mol. The molecule has 0 spiro atoms. The van der Waals surface area contributed by atoms with Crippen molar-refractivity contribution in [3.8, 4) is 5.75 Å². The predicted molar refractivity (Wildman–Crippen MR) is 104 cm³/mol. The van der Waals surface area contributed by atoms with Gasteiger partial charge in [0.1, 0.15) is 5.75 Å². The maximum Gasteiger partial charge on any atom is 0.269 e. The number of non-ortho nitro benzene ring substituents is 1. The van der Waals surface area contributed by atoms with Gasteiger partial charge < -0.3 is 10.4 Å². The summed E-state index contributed by atoms with van der Waals surface area (Å²) in [5.74, 6) is -0.150. The van der Waals surface area contributed by atoms with Crippen LogP contribution in [0, 0.1) is 10.1 Å².